The first kappa shape index (κ1) is 23.9. The van der Waals surface area contributed by atoms with Crippen LogP contribution in [0.5, 0.6) is 5.88 Å². The fourth-order valence-electron chi connectivity index (χ4n) is 3.40. The third-order valence-electron chi connectivity index (χ3n) is 5.26. The molecule has 0 unspecified atom stereocenters. The first-order chi connectivity index (χ1) is 14.9. The number of hydrogen-bond acceptors (Lipinski definition) is 8. The molecule has 0 aliphatic carbocycles. The summed E-state index contributed by atoms with van der Waals surface area (Å²) in [6.07, 6.45) is -2.92. The number of nitrogens with one attached hydrogen (secondary N) is 3. The highest BCUT2D eigenvalue weighted by atomic mass is 32.1. The van der Waals surface area contributed by atoms with Crippen molar-refractivity contribution in [1.29, 1.82) is 10.8 Å². The summed E-state index contributed by atoms with van der Waals surface area (Å²) in [6.45, 7) is 7.69. The molecular formula is C19H24F3N7O2S. The minimum absolute atomic E-state index is 0.0164. The summed E-state index contributed by atoms with van der Waals surface area (Å²) >= 11 is 1.38. The van der Waals surface area contributed by atoms with Crippen molar-refractivity contribution in [3.8, 4) is 5.88 Å². The molecule has 0 radical (unpaired) electrons. The normalized spacial score (nSPS) is 19.2. The average molecular weight is 472 g/mol. The van der Waals surface area contributed by atoms with Crippen LogP contribution in [0.15, 0.2) is 6.20 Å². The highest BCUT2D eigenvalue weighted by molar-refractivity contribution is 7.15. The molecule has 1 saturated heterocycles. The Hall–Kier alpha value is -2.80. The van der Waals surface area contributed by atoms with Gasteiger partial charge in [0.15, 0.2) is 10.6 Å². The number of ether oxygens (including phenoxy) is 1. The molecule has 0 aromatic carbocycles. The summed E-state index contributed by atoms with van der Waals surface area (Å²) in [5, 5.41) is 22.3. The Morgan fingerprint density at radius 2 is 2.06 bits per heavy atom. The van der Waals surface area contributed by atoms with Gasteiger partial charge in [-0.2, -0.15) is 17.9 Å². The number of carbonyl (C=O) groups excluding carboxylic acids is 1. The van der Waals surface area contributed by atoms with Gasteiger partial charge in [0.1, 0.15) is 6.10 Å². The number of carbonyl (C=O) groups is 1. The number of rotatable bonds is 5. The van der Waals surface area contributed by atoms with Crippen molar-refractivity contribution >= 4 is 28.2 Å². The number of nitrogens with zero attached hydrogens (tertiary/aromatic N) is 4. The van der Waals surface area contributed by atoms with E-state index in [2.05, 4.69) is 20.3 Å². The maximum absolute atomic E-state index is 13.0. The number of thiazole rings is 1. The van der Waals surface area contributed by atoms with Gasteiger partial charge >= 0.3 is 6.18 Å². The van der Waals surface area contributed by atoms with E-state index in [9.17, 15) is 18.0 Å². The van der Waals surface area contributed by atoms with Crippen molar-refractivity contribution in [2.75, 3.05) is 11.9 Å². The predicted molar refractivity (Wildman–Crippen MR) is 112 cm³/mol. The predicted octanol–water partition coefficient (Wildman–Crippen LogP) is 2.82. The summed E-state index contributed by atoms with van der Waals surface area (Å²) < 4.78 is 45.3. The first-order valence-electron chi connectivity index (χ1n) is 9.81. The van der Waals surface area contributed by atoms with E-state index in [1.54, 1.807) is 13.1 Å². The second kappa shape index (κ2) is 8.98. The quantitative estimate of drug-likeness (QED) is 0.458. The number of alkyl halides is 3. The SMILES string of the molecule is CC(=O)Nc1ncc(CN2C[C@H](Oc3nn(C(=N)C(F)(F)F)c(=N)c(C)c3C)C[C@@H]2C)s1. The van der Waals surface area contributed by atoms with E-state index in [1.807, 2.05) is 6.92 Å². The highest BCUT2D eigenvalue weighted by Crippen LogP contribution is 2.28. The second-order valence-electron chi connectivity index (χ2n) is 7.73. The summed E-state index contributed by atoms with van der Waals surface area (Å²) in [5.41, 5.74) is 0.232. The van der Waals surface area contributed by atoms with Gasteiger partial charge in [-0.25, -0.2) is 4.98 Å². The van der Waals surface area contributed by atoms with E-state index in [1.165, 1.54) is 25.2 Å². The molecule has 32 heavy (non-hydrogen) atoms. The molecule has 0 saturated carbocycles. The Morgan fingerprint density at radius 3 is 2.69 bits per heavy atom. The van der Waals surface area contributed by atoms with Gasteiger partial charge in [0.25, 0.3) is 0 Å². The Kier molecular flexibility index (Phi) is 6.69. The van der Waals surface area contributed by atoms with Crippen LogP contribution in [-0.4, -0.2) is 56.3 Å². The first-order valence-corrected chi connectivity index (χ1v) is 10.6. The molecule has 13 heteroatoms. The molecule has 0 spiro atoms. The minimum atomic E-state index is -4.93. The standard InChI is InChI=1S/C19H24F3N7O2S/c1-9-5-13(7-28(9)8-14-6-25-18(32-14)26-12(4)30)31-16-11(3)10(2)15(23)29(27-16)17(24)19(20,21)22/h6,9,13,23-24H,5,7-8H2,1-4H3,(H,25,26,30)/t9-,13+/m0/s1. The van der Waals surface area contributed by atoms with Gasteiger partial charge in [0.05, 0.1) is 0 Å². The molecule has 2 atom stereocenters. The summed E-state index contributed by atoms with van der Waals surface area (Å²) in [4.78, 5) is 18.4. The number of amides is 1. The fourth-order valence-corrected chi connectivity index (χ4v) is 4.29. The Bertz CT molecular complexity index is 1100. The maximum atomic E-state index is 13.0. The van der Waals surface area contributed by atoms with Gasteiger partial charge in [-0.1, -0.05) is 0 Å². The summed E-state index contributed by atoms with van der Waals surface area (Å²) in [7, 11) is 0. The molecule has 3 rings (SSSR count). The van der Waals surface area contributed by atoms with E-state index in [-0.39, 0.29) is 34.2 Å². The molecule has 0 bridgehead atoms. The van der Waals surface area contributed by atoms with Crippen molar-refractivity contribution < 1.29 is 22.7 Å². The monoisotopic (exact) mass is 471 g/mol. The second-order valence-corrected chi connectivity index (χ2v) is 8.84. The van der Waals surface area contributed by atoms with Crippen LogP contribution in [0.3, 0.4) is 0 Å². The van der Waals surface area contributed by atoms with Crippen LogP contribution in [0.1, 0.15) is 36.3 Å². The van der Waals surface area contributed by atoms with Crippen LogP contribution in [0.2, 0.25) is 0 Å². The van der Waals surface area contributed by atoms with Gasteiger partial charge in [-0.05, 0) is 20.8 Å². The molecule has 2 aromatic rings. The van der Waals surface area contributed by atoms with Crippen molar-refractivity contribution in [1.82, 2.24) is 19.7 Å². The smallest absolute Gasteiger partial charge is 0.451 e. The summed E-state index contributed by atoms with van der Waals surface area (Å²) in [6, 6.07) is 0.142. The number of aromatic nitrogens is 3. The van der Waals surface area contributed by atoms with Crippen LogP contribution in [0.25, 0.3) is 0 Å². The Morgan fingerprint density at radius 1 is 1.38 bits per heavy atom. The summed E-state index contributed by atoms with van der Waals surface area (Å²) in [5.74, 6) is -1.95. The molecule has 9 nitrogen and oxygen atoms in total. The fraction of sp³-hybridized carbons (Fsp3) is 0.526. The largest absolute Gasteiger partial charge is 0.472 e. The molecule has 3 N–H and O–H groups in total. The minimum Gasteiger partial charge on any atom is -0.472 e. The van der Waals surface area contributed by atoms with Crippen molar-refractivity contribution in [3.05, 3.63) is 27.7 Å². The maximum Gasteiger partial charge on any atom is 0.451 e. The lowest BCUT2D eigenvalue weighted by Crippen LogP contribution is -2.40. The third kappa shape index (κ3) is 5.15. The molecule has 174 valence electrons. The van der Waals surface area contributed by atoms with Crippen molar-refractivity contribution in [2.45, 2.75) is 59.0 Å². The van der Waals surface area contributed by atoms with Crippen LogP contribution in [0, 0.1) is 24.7 Å². The molecule has 1 aliphatic rings. The van der Waals surface area contributed by atoms with Crippen molar-refractivity contribution in [2.24, 2.45) is 0 Å². The van der Waals surface area contributed by atoms with Crippen LogP contribution < -0.4 is 15.5 Å². The van der Waals surface area contributed by atoms with Crippen LogP contribution in [-0.2, 0) is 11.3 Å². The van der Waals surface area contributed by atoms with Gasteiger partial charge in [0.2, 0.25) is 17.6 Å². The van der Waals surface area contributed by atoms with Gasteiger partial charge < -0.3 is 10.1 Å². The number of halogens is 3. The number of anilines is 1. The molecule has 1 aliphatic heterocycles. The molecule has 1 fully saturated rings. The number of likely N-dealkylation sites (tertiary alicyclic amines) is 1. The zero-order valence-electron chi connectivity index (χ0n) is 18.0. The third-order valence-corrected chi connectivity index (χ3v) is 6.16. The lowest BCUT2D eigenvalue weighted by Gasteiger charge is -2.20. The van der Waals surface area contributed by atoms with E-state index in [0.29, 0.717) is 30.2 Å². The van der Waals surface area contributed by atoms with Gasteiger partial charge in [-0.3, -0.25) is 20.5 Å². The Balaban J connectivity index is 1.75. The van der Waals surface area contributed by atoms with E-state index < -0.39 is 17.5 Å². The van der Waals surface area contributed by atoms with E-state index in [0.717, 1.165) is 4.88 Å². The highest BCUT2D eigenvalue weighted by Gasteiger charge is 2.38. The van der Waals surface area contributed by atoms with E-state index in [4.69, 9.17) is 15.6 Å². The average Bonchev–Trinajstić information content (AvgIpc) is 3.26. The lowest BCUT2D eigenvalue weighted by molar-refractivity contribution is -0.114. The van der Waals surface area contributed by atoms with Gasteiger partial charge in [0, 0.05) is 54.7 Å². The topological polar surface area (TPSA) is 120 Å². The zero-order chi connectivity index (χ0) is 23.8. The molecule has 3 heterocycles. The van der Waals surface area contributed by atoms with Crippen molar-refractivity contribution in [3.63, 3.8) is 0 Å². The molecule has 1 amide bonds. The van der Waals surface area contributed by atoms with E-state index >= 15 is 0 Å². The lowest BCUT2D eigenvalue weighted by atomic mass is 10.2. The van der Waals surface area contributed by atoms with Crippen LogP contribution >= 0.6 is 11.3 Å². The Labute approximate surface area is 186 Å². The molecule has 2 aromatic heterocycles. The molecular weight excluding hydrogens is 447 g/mol. The zero-order valence-corrected chi connectivity index (χ0v) is 18.8. The number of hydrogen-bond donors (Lipinski definition) is 3. The van der Waals surface area contributed by atoms with Crippen LogP contribution in [0.4, 0.5) is 18.3 Å². The van der Waals surface area contributed by atoms with Gasteiger partial charge in [-0.15, -0.1) is 16.4 Å².